The van der Waals surface area contributed by atoms with Crippen molar-refractivity contribution < 1.29 is 4.79 Å². The molecule has 88 valence electrons. The summed E-state index contributed by atoms with van der Waals surface area (Å²) >= 11 is 3.41. The first kappa shape index (κ1) is 13.2. The summed E-state index contributed by atoms with van der Waals surface area (Å²) in [6.45, 7) is 4.46. The second kappa shape index (κ2) is 6.01. The fourth-order valence-electron chi connectivity index (χ4n) is 1.33. The number of aryl methyl sites for hydroxylation is 1. The number of hydrogen-bond donors (Lipinski definition) is 2. The second-order valence-electron chi connectivity index (χ2n) is 3.78. The van der Waals surface area contributed by atoms with Gasteiger partial charge < -0.3 is 11.1 Å². The summed E-state index contributed by atoms with van der Waals surface area (Å²) in [5.74, 6) is -0.0713. The molecule has 0 heterocycles. The zero-order valence-electron chi connectivity index (χ0n) is 9.59. The van der Waals surface area contributed by atoms with E-state index in [-0.39, 0.29) is 11.9 Å². The van der Waals surface area contributed by atoms with Crippen LogP contribution in [0, 0.1) is 6.92 Å². The number of hydrogen-bond acceptors (Lipinski definition) is 2. The number of carbonyl (C=O) groups is 1. The highest BCUT2D eigenvalue weighted by Crippen LogP contribution is 2.17. The van der Waals surface area contributed by atoms with Gasteiger partial charge in [0.25, 0.3) is 5.91 Å². The summed E-state index contributed by atoms with van der Waals surface area (Å²) < 4.78 is 0.945. The maximum atomic E-state index is 11.8. The second-order valence-corrected chi connectivity index (χ2v) is 4.63. The lowest BCUT2D eigenvalue weighted by atomic mass is 10.1. The first-order chi connectivity index (χ1) is 7.58. The molecule has 1 aromatic rings. The number of nitrogens with two attached hydrogens (primary N) is 1. The molecular weight excluding hydrogens is 268 g/mol. The Morgan fingerprint density at radius 2 is 2.25 bits per heavy atom. The van der Waals surface area contributed by atoms with E-state index >= 15 is 0 Å². The third-order valence-corrected chi connectivity index (χ3v) is 3.40. The minimum Gasteiger partial charge on any atom is -0.348 e. The summed E-state index contributed by atoms with van der Waals surface area (Å²) in [6, 6.07) is 5.61. The van der Waals surface area contributed by atoms with Gasteiger partial charge in [-0.1, -0.05) is 28.9 Å². The van der Waals surface area contributed by atoms with Gasteiger partial charge in [-0.3, -0.25) is 4.79 Å². The van der Waals surface area contributed by atoms with Gasteiger partial charge in [0.1, 0.15) is 0 Å². The smallest absolute Gasteiger partial charge is 0.251 e. The number of benzene rings is 1. The van der Waals surface area contributed by atoms with Gasteiger partial charge in [-0.05, 0) is 31.0 Å². The maximum Gasteiger partial charge on any atom is 0.251 e. The van der Waals surface area contributed by atoms with Crippen molar-refractivity contribution in [1.82, 2.24) is 5.32 Å². The Morgan fingerprint density at radius 1 is 1.56 bits per heavy atom. The fraction of sp³-hybridized carbons (Fsp3) is 0.417. The monoisotopic (exact) mass is 284 g/mol. The highest BCUT2D eigenvalue weighted by molar-refractivity contribution is 9.10. The van der Waals surface area contributed by atoms with Gasteiger partial charge >= 0.3 is 0 Å². The standard InChI is InChI=1S/C12H17BrN2O/c1-3-10(7-14)15-12(16)9-5-4-8(2)11(13)6-9/h4-6,10H,3,7,14H2,1-2H3,(H,15,16). The van der Waals surface area contributed by atoms with Crippen LogP contribution in [0.3, 0.4) is 0 Å². The molecule has 0 radical (unpaired) electrons. The SMILES string of the molecule is CCC(CN)NC(=O)c1ccc(C)c(Br)c1. The highest BCUT2D eigenvalue weighted by Gasteiger charge is 2.11. The Bertz CT molecular complexity index is 375. The predicted molar refractivity (Wildman–Crippen MR) is 69.5 cm³/mol. The van der Waals surface area contributed by atoms with Crippen molar-refractivity contribution in [2.45, 2.75) is 26.3 Å². The number of nitrogens with one attached hydrogen (secondary N) is 1. The van der Waals surface area contributed by atoms with E-state index in [4.69, 9.17) is 5.73 Å². The molecule has 0 aromatic heterocycles. The molecule has 1 amide bonds. The summed E-state index contributed by atoms with van der Waals surface area (Å²) in [5.41, 5.74) is 7.31. The van der Waals surface area contributed by atoms with Crippen LogP contribution < -0.4 is 11.1 Å². The fourth-order valence-corrected chi connectivity index (χ4v) is 1.71. The van der Waals surface area contributed by atoms with Gasteiger partial charge in [-0.15, -0.1) is 0 Å². The minimum atomic E-state index is -0.0713. The Balaban J connectivity index is 2.76. The van der Waals surface area contributed by atoms with E-state index in [2.05, 4.69) is 21.2 Å². The van der Waals surface area contributed by atoms with Gasteiger partial charge in [-0.2, -0.15) is 0 Å². The molecule has 4 heteroatoms. The van der Waals surface area contributed by atoms with E-state index in [1.807, 2.05) is 32.0 Å². The molecule has 0 saturated heterocycles. The zero-order valence-corrected chi connectivity index (χ0v) is 11.2. The van der Waals surface area contributed by atoms with Gasteiger partial charge in [0.2, 0.25) is 0 Å². The molecule has 1 unspecified atom stereocenters. The predicted octanol–water partition coefficient (Wildman–Crippen LogP) is 2.22. The Morgan fingerprint density at radius 3 is 2.75 bits per heavy atom. The molecule has 1 atom stereocenters. The van der Waals surface area contributed by atoms with E-state index in [1.54, 1.807) is 0 Å². The lowest BCUT2D eigenvalue weighted by Crippen LogP contribution is -2.39. The van der Waals surface area contributed by atoms with E-state index in [0.29, 0.717) is 12.1 Å². The molecule has 3 nitrogen and oxygen atoms in total. The summed E-state index contributed by atoms with van der Waals surface area (Å²) in [5, 5.41) is 2.89. The maximum absolute atomic E-state index is 11.8. The van der Waals surface area contributed by atoms with Crippen LogP contribution in [0.2, 0.25) is 0 Å². The molecule has 1 rings (SSSR count). The Hall–Kier alpha value is -0.870. The molecule has 1 aromatic carbocycles. The zero-order chi connectivity index (χ0) is 12.1. The van der Waals surface area contributed by atoms with Gasteiger partial charge in [0, 0.05) is 22.6 Å². The molecule has 0 saturated carbocycles. The molecular formula is C12H17BrN2O. The largest absolute Gasteiger partial charge is 0.348 e. The summed E-state index contributed by atoms with van der Waals surface area (Å²) in [4.78, 5) is 11.8. The normalized spacial score (nSPS) is 12.2. The van der Waals surface area contributed by atoms with Gasteiger partial charge in [0.15, 0.2) is 0 Å². The number of carbonyl (C=O) groups excluding carboxylic acids is 1. The Kier molecular flexibility index (Phi) is 4.96. The van der Waals surface area contributed by atoms with E-state index in [0.717, 1.165) is 16.5 Å². The van der Waals surface area contributed by atoms with E-state index < -0.39 is 0 Å². The summed E-state index contributed by atoms with van der Waals surface area (Å²) in [7, 11) is 0. The third kappa shape index (κ3) is 3.32. The topological polar surface area (TPSA) is 55.1 Å². The van der Waals surface area contributed by atoms with Crippen LogP contribution >= 0.6 is 15.9 Å². The molecule has 0 aliphatic rings. The average Bonchev–Trinajstić information content (AvgIpc) is 2.29. The summed E-state index contributed by atoms with van der Waals surface area (Å²) in [6.07, 6.45) is 0.843. The van der Waals surface area contributed by atoms with Crippen molar-refractivity contribution in [3.63, 3.8) is 0 Å². The third-order valence-electron chi connectivity index (χ3n) is 2.55. The molecule has 0 fully saturated rings. The van der Waals surface area contributed by atoms with Crippen molar-refractivity contribution in [1.29, 1.82) is 0 Å². The van der Waals surface area contributed by atoms with Crippen LogP contribution in [0.15, 0.2) is 22.7 Å². The molecule has 0 aliphatic heterocycles. The number of amides is 1. The van der Waals surface area contributed by atoms with Crippen LogP contribution in [0.1, 0.15) is 29.3 Å². The molecule has 0 bridgehead atoms. The van der Waals surface area contributed by atoms with Crippen LogP contribution in [0.5, 0.6) is 0 Å². The van der Waals surface area contributed by atoms with Crippen molar-refractivity contribution in [2.75, 3.05) is 6.54 Å². The molecule has 16 heavy (non-hydrogen) atoms. The molecule has 0 aliphatic carbocycles. The number of halogens is 1. The van der Waals surface area contributed by atoms with Crippen LogP contribution in [-0.4, -0.2) is 18.5 Å². The lowest BCUT2D eigenvalue weighted by Gasteiger charge is -2.14. The van der Waals surface area contributed by atoms with Crippen LogP contribution in [-0.2, 0) is 0 Å². The highest BCUT2D eigenvalue weighted by atomic mass is 79.9. The van der Waals surface area contributed by atoms with Crippen molar-refractivity contribution >= 4 is 21.8 Å². The van der Waals surface area contributed by atoms with Crippen LogP contribution in [0.25, 0.3) is 0 Å². The molecule has 3 N–H and O–H groups in total. The Labute approximate surface area is 105 Å². The van der Waals surface area contributed by atoms with Crippen LogP contribution in [0.4, 0.5) is 0 Å². The minimum absolute atomic E-state index is 0.0487. The van der Waals surface area contributed by atoms with E-state index in [9.17, 15) is 4.79 Å². The van der Waals surface area contributed by atoms with Crippen molar-refractivity contribution in [2.24, 2.45) is 5.73 Å². The van der Waals surface area contributed by atoms with E-state index in [1.165, 1.54) is 0 Å². The first-order valence-electron chi connectivity index (χ1n) is 5.35. The average molecular weight is 285 g/mol. The van der Waals surface area contributed by atoms with Gasteiger partial charge in [-0.25, -0.2) is 0 Å². The quantitative estimate of drug-likeness (QED) is 0.891. The number of rotatable bonds is 4. The van der Waals surface area contributed by atoms with Crippen molar-refractivity contribution in [3.8, 4) is 0 Å². The van der Waals surface area contributed by atoms with Crippen molar-refractivity contribution in [3.05, 3.63) is 33.8 Å². The molecule has 0 spiro atoms. The van der Waals surface area contributed by atoms with Gasteiger partial charge in [0.05, 0.1) is 0 Å². The lowest BCUT2D eigenvalue weighted by molar-refractivity contribution is 0.0937. The first-order valence-corrected chi connectivity index (χ1v) is 6.14.